The molecule has 1 aromatic carbocycles. The fraction of sp³-hybridized carbons (Fsp3) is 0.500. The van der Waals surface area contributed by atoms with E-state index in [9.17, 15) is 0 Å². The highest BCUT2D eigenvalue weighted by Crippen LogP contribution is 2.31. The number of hydrogen-bond donors (Lipinski definition) is 0. The Morgan fingerprint density at radius 2 is 1.72 bits per heavy atom. The van der Waals surface area contributed by atoms with Gasteiger partial charge in [-0.15, -0.1) is 0 Å². The number of hydrogen-bond acceptors (Lipinski definition) is 2. The molecule has 0 aliphatic carbocycles. The molecule has 0 radical (unpaired) electrons. The van der Waals surface area contributed by atoms with Gasteiger partial charge in [-0.05, 0) is 26.3 Å². The van der Waals surface area contributed by atoms with Crippen LogP contribution in [0.1, 0.15) is 33.3 Å². The van der Waals surface area contributed by atoms with Crippen molar-refractivity contribution in [2.45, 2.75) is 45.7 Å². The van der Waals surface area contributed by atoms with Crippen molar-refractivity contribution in [2.75, 3.05) is 0 Å². The lowest BCUT2D eigenvalue weighted by molar-refractivity contribution is -0.304. The summed E-state index contributed by atoms with van der Waals surface area (Å²) in [4.78, 5) is 0. The molecule has 18 heavy (non-hydrogen) atoms. The van der Waals surface area contributed by atoms with E-state index in [1.807, 2.05) is 32.0 Å². The Bertz CT molecular complexity index is 408. The molecule has 1 saturated heterocycles. The summed E-state index contributed by atoms with van der Waals surface area (Å²) in [5.74, 6) is -0.143. The highest BCUT2D eigenvalue weighted by molar-refractivity contribution is 5.49. The summed E-state index contributed by atoms with van der Waals surface area (Å²) in [7, 11) is 0. The van der Waals surface area contributed by atoms with Crippen molar-refractivity contribution in [3.8, 4) is 0 Å². The van der Waals surface area contributed by atoms with Gasteiger partial charge in [0.25, 0.3) is 0 Å². The van der Waals surface area contributed by atoms with E-state index in [0.717, 1.165) is 0 Å². The van der Waals surface area contributed by atoms with Crippen molar-refractivity contribution >= 4 is 6.08 Å². The number of benzene rings is 1. The Hall–Kier alpha value is -1.12. The average Bonchev–Trinajstić information content (AvgIpc) is 2.33. The van der Waals surface area contributed by atoms with Gasteiger partial charge in [-0.2, -0.15) is 0 Å². The first-order chi connectivity index (χ1) is 8.48. The third kappa shape index (κ3) is 3.21. The largest absolute Gasteiger partial charge is 0.347 e. The zero-order valence-corrected chi connectivity index (χ0v) is 11.6. The van der Waals surface area contributed by atoms with Crippen molar-refractivity contribution in [1.82, 2.24) is 0 Å². The van der Waals surface area contributed by atoms with Gasteiger partial charge in [0.2, 0.25) is 0 Å². The first-order valence-electron chi connectivity index (χ1n) is 6.57. The second-order valence-corrected chi connectivity index (χ2v) is 5.43. The zero-order valence-electron chi connectivity index (χ0n) is 11.6. The van der Waals surface area contributed by atoms with Crippen LogP contribution in [0.5, 0.6) is 0 Å². The van der Waals surface area contributed by atoms with Gasteiger partial charge in [0.15, 0.2) is 5.79 Å². The van der Waals surface area contributed by atoms with Crippen molar-refractivity contribution < 1.29 is 9.47 Å². The van der Waals surface area contributed by atoms with Crippen LogP contribution >= 0.6 is 0 Å². The van der Waals surface area contributed by atoms with Crippen LogP contribution in [0.15, 0.2) is 36.4 Å². The maximum atomic E-state index is 5.97. The molecular weight excluding hydrogens is 224 g/mol. The molecule has 1 fully saturated rings. The van der Waals surface area contributed by atoms with E-state index in [1.54, 1.807) is 0 Å². The Balaban J connectivity index is 2.10. The van der Waals surface area contributed by atoms with E-state index in [4.69, 9.17) is 9.47 Å². The molecule has 0 saturated carbocycles. The summed E-state index contributed by atoms with van der Waals surface area (Å²) in [6.45, 7) is 8.22. The Morgan fingerprint density at radius 3 is 2.39 bits per heavy atom. The molecule has 3 atom stereocenters. The van der Waals surface area contributed by atoms with E-state index in [-0.39, 0.29) is 12.2 Å². The standard InChI is InChI=1S/C16H22O2/c1-12-13(2)17-16(3,4)18-15(12)11-10-14-8-6-5-7-9-14/h5-13,15H,1-4H3/b11-10+/t12-,13+,15+/m0/s1. The van der Waals surface area contributed by atoms with Crippen LogP contribution in [0, 0.1) is 5.92 Å². The first-order valence-corrected chi connectivity index (χ1v) is 6.57. The Labute approximate surface area is 110 Å². The van der Waals surface area contributed by atoms with Crippen molar-refractivity contribution in [1.29, 1.82) is 0 Å². The van der Waals surface area contributed by atoms with Crippen LogP contribution in [-0.4, -0.2) is 18.0 Å². The van der Waals surface area contributed by atoms with Crippen LogP contribution in [0.25, 0.3) is 6.08 Å². The van der Waals surface area contributed by atoms with E-state index in [0.29, 0.717) is 5.92 Å². The molecule has 2 heteroatoms. The zero-order chi connectivity index (χ0) is 13.2. The summed E-state index contributed by atoms with van der Waals surface area (Å²) in [5.41, 5.74) is 1.20. The molecule has 1 aliphatic rings. The highest BCUT2D eigenvalue weighted by Gasteiger charge is 2.37. The monoisotopic (exact) mass is 246 g/mol. The molecule has 1 heterocycles. The summed E-state index contributed by atoms with van der Waals surface area (Å²) in [6, 6.07) is 10.3. The third-order valence-corrected chi connectivity index (χ3v) is 3.43. The van der Waals surface area contributed by atoms with Crippen LogP contribution in [0.2, 0.25) is 0 Å². The molecule has 1 aromatic rings. The Kier molecular flexibility index (Phi) is 3.88. The SMILES string of the molecule is C[C@H]1[C@@H](C)OC(C)(C)O[C@@H]1/C=C/c1ccccc1. The smallest absolute Gasteiger partial charge is 0.163 e. The first kappa shape index (κ1) is 13.3. The molecule has 1 aliphatic heterocycles. The normalized spacial score (nSPS) is 31.7. The van der Waals surface area contributed by atoms with E-state index in [1.165, 1.54) is 5.56 Å². The number of rotatable bonds is 2. The molecule has 98 valence electrons. The van der Waals surface area contributed by atoms with Crippen molar-refractivity contribution in [3.05, 3.63) is 42.0 Å². The molecule has 0 spiro atoms. The van der Waals surface area contributed by atoms with Gasteiger partial charge in [0.1, 0.15) is 0 Å². The van der Waals surface area contributed by atoms with Crippen LogP contribution in [-0.2, 0) is 9.47 Å². The topological polar surface area (TPSA) is 18.5 Å². The lowest BCUT2D eigenvalue weighted by Gasteiger charge is -2.42. The van der Waals surface area contributed by atoms with E-state index >= 15 is 0 Å². The maximum Gasteiger partial charge on any atom is 0.163 e. The predicted molar refractivity (Wildman–Crippen MR) is 74.1 cm³/mol. The lowest BCUT2D eigenvalue weighted by Crippen LogP contribution is -2.48. The molecular formula is C16H22O2. The van der Waals surface area contributed by atoms with Gasteiger partial charge >= 0.3 is 0 Å². The minimum absolute atomic E-state index is 0.101. The summed E-state index contributed by atoms with van der Waals surface area (Å²) in [5, 5.41) is 0. The molecule has 2 rings (SSSR count). The molecule has 0 bridgehead atoms. The summed E-state index contributed by atoms with van der Waals surface area (Å²) in [6.07, 6.45) is 4.57. The van der Waals surface area contributed by atoms with Crippen LogP contribution < -0.4 is 0 Å². The van der Waals surface area contributed by atoms with Crippen molar-refractivity contribution in [2.24, 2.45) is 5.92 Å². The second-order valence-electron chi connectivity index (χ2n) is 5.43. The van der Waals surface area contributed by atoms with E-state index in [2.05, 4.69) is 38.1 Å². The summed E-state index contributed by atoms with van der Waals surface area (Å²) >= 11 is 0. The predicted octanol–water partition coefficient (Wildman–Crippen LogP) is 3.88. The van der Waals surface area contributed by atoms with Crippen LogP contribution in [0.3, 0.4) is 0 Å². The van der Waals surface area contributed by atoms with Crippen molar-refractivity contribution in [3.63, 3.8) is 0 Å². The van der Waals surface area contributed by atoms with E-state index < -0.39 is 5.79 Å². The van der Waals surface area contributed by atoms with Gasteiger partial charge < -0.3 is 9.47 Å². The Morgan fingerprint density at radius 1 is 1.06 bits per heavy atom. The number of ether oxygens (including phenoxy) is 2. The lowest BCUT2D eigenvalue weighted by atomic mass is 9.95. The minimum Gasteiger partial charge on any atom is -0.347 e. The second kappa shape index (κ2) is 5.25. The van der Waals surface area contributed by atoms with Gasteiger partial charge in [0, 0.05) is 5.92 Å². The maximum absolute atomic E-state index is 5.97. The van der Waals surface area contributed by atoms with Gasteiger partial charge in [0.05, 0.1) is 12.2 Å². The minimum atomic E-state index is -0.502. The molecule has 2 nitrogen and oxygen atoms in total. The molecule has 0 aromatic heterocycles. The average molecular weight is 246 g/mol. The fourth-order valence-corrected chi connectivity index (χ4v) is 2.27. The van der Waals surface area contributed by atoms with Gasteiger partial charge in [-0.25, -0.2) is 0 Å². The van der Waals surface area contributed by atoms with Gasteiger partial charge in [-0.1, -0.05) is 49.4 Å². The van der Waals surface area contributed by atoms with Gasteiger partial charge in [-0.3, -0.25) is 0 Å². The highest BCUT2D eigenvalue weighted by atomic mass is 16.7. The molecule has 0 amide bonds. The van der Waals surface area contributed by atoms with Crippen LogP contribution in [0.4, 0.5) is 0 Å². The molecule has 0 N–H and O–H groups in total. The third-order valence-electron chi connectivity index (χ3n) is 3.43. The quantitative estimate of drug-likeness (QED) is 0.788. The fourth-order valence-electron chi connectivity index (χ4n) is 2.27. The molecule has 0 unspecified atom stereocenters. The summed E-state index contributed by atoms with van der Waals surface area (Å²) < 4.78 is 11.8.